The molecule has 1 aliphatic heterocycles. The fraction of sp³-hybridized carbons (Fsp3) is 0. The Kier molecular flexibility index (Phi) is 2.33. The van der Waals surface area contributed by atoms with Crippen molar-refractivity contribution in [3.8, 4) is 5.75 Å². The number of hydrogen-bond acceptors (Lipinski definition) is 2. The molecule has 0 unspecified atom stereocenters. The molecular formula is C8H11NOSi. The molecule has 0 atom stereocenters. The maximum Gasteiger partial charge on any atom is 0.162 e. The van der Waals surface area contributed by atoms with Gasteiger partial charge >= 0.3 is 0 Å². The molecule has 0 saturated carbocycles. The van der Waals surface area contributed by atoms with Gasteiger partial charge in [0.1, 0.15) is 0 Å². The predicted octanol–water partition coefficient (Wildman–Crippen LogP) is 0.103. The van der Waals surface area contributed by atoms with Crippen molar-refractivity contribution in [2.24, 2.45) is 0 Å². The number of para-hydroxylation sites is 1. The second-order valence-electron chi connectivity index (χ2n) is 2.09. The molecule has 0 aromatic heterocycles. The molecule has 1 aliphatic rings. The van der Waals surface area contributed by atoms with E-state index in [1.54, 1.807) is 6.20 Å². The van der Waals surface area contributed by atoms with Crippen LogP contribution in [0.3, 0.4) is 0 Å². The number of rotatable bonds is 0. The van der Waals surface area contributed by atoms with Crippen LogP contribution in [0.5, 0.6) is 5.75 Å². The van der Waals surface area contributed by atoms with E-state index in [2.05, 4.69) is 5.48 Å². The van der Waals surface area contributed by atoms with Crippen LogP contribution in [0.4, 0.5) is 0 Å². The van der Waals surface area contributed by atoms with Crippen LogP contribution >= 0.6 is 0 Å². The van der Waals surface area contributed by atoms with Gasteiger partial charge in [-0.3, -0.25) is 0 Å². The fourth-order valence-corrected chi connectivity index (χ4v) is 0.932. The number of benzene rings is 1. The van der Waals surface area contributed by atoms with E-state index in [4.69, 9.17) is 4.84 Å². The van der Waals surface area contributed by atoms with Crippen molar-refractivity contribution in [1.29, 1.82) is 0 Å². The molecule has 0 aliphatic carbocycles. The van der Waals surface area contributed by atoms with Gasteiger partial charge < -0.3 is 4.84 Å². The molecule has 0 spiro atoms. The van der Waals surface area contributed by atoms with Gasteiger partial charge in [-0.2, -0.15) is 0 Å². The standard InChI is InChI=1S/C8H7NO.H4Si/c1-2-4-8-7(3-1)5-6-9-10-8;/h1-6,9H;1H4. The fourth-order valence-electron chi connectivity index (χ4n) is 0.932. The Hall–Kier alpha value is -1.22. The molecule has 0 saturated heterocycles. The maximum absolute atomic E-state index is 5.09. The third kappa shape index (κ3) is 1.43. The highest BCUT2D eigenvalue weighted by Gasteiger charge is 2.01. The molecule has 1 aromatic rings. The first-order chi connectivity index (χ1) is 4.97. The van der Waals surface area contributed by atoms with Crippen molar-refractivity contribution in [3.63, 3.8) is 0 Å². The summed E-state index contributed by atoms with van der Waals surface area (Å²) in [5.41, 5.74) is 3.77. The van der Waals surface area contributed by atoms with Gasteiger partial charge in [0, 0.05) is 11.8 Å². The van der Waals surface area contributed by atoms with Crippen molar-refractivity contribution < 1.29 is 4.84 Å². The van der Waals surface area contributed by atoms with Crippen LogP contribution in [0.25, 0.3) is 6.08 Å². The lowest BCUT2D eigenvalue weighted by Gasteiger charge is -2.11. The largest absolute Gasteiger partial charge is 0.382 e. The van der Waals surface area contributed by atoms with Crippen molar-refractivity contribution in [2.75, 3.05) is 0 Å². The Balaban J connectivity index is 0.000000605. The molecule has 11 heavy (non-hydrogen) atoms. The van der Waals surface area contributed by atoms with E-state index in [-0.39, 0.29) is 11.0 Å². The van der Waals surface area contributed by atoms with Crippen LogP contribution < -0.4 is 10.3 Å². The zero-order valence-corrected chi connectivity index (χ0v) is 5.37. The van der Waals surface area contributed by atoms with Gasteiger partial charge in [0.05, 0.1) is 0 Å². The number of nitrogens with one attached hydrogen (secondary N) is 1. The zero-order chi connectivity index (χ0) is 6.81. The number of fused-ring (bicyclic) bond motifs is 1. The van der Waals surface area contributed by atoms with E-state index < -0.39 is 0 Å². The summed E-state index contributed by atoms with van der Waals surface area (Å²) in [6.07, 6.45) is 3.74. The maximum atomic E-state index is 5.09. The van der Waals surface area contributed by atoms with Crippen LogP contribution in [0.1, 0.15) is 5.56 Å². The second kappa shape index (κ2) is 3.25. The Morgan fingerprint density at radius 3 is 2.82 bits per heavy atom. The number of hydrogen-bond donors (Lipinski definition) is 1. The van der Waals surface area contributed by atoms with E-state index in [1.807, 2.05) is 30.3 Å². The van der Waals surface area contributed by atoms with Crippen molar-refractivity contribution in [2.45, 2.75) is 0 Å². The highest BCUT2D eigenvalue weighted by Crippen LogP contribution is 2.20. The van der Waals surface area contributed by atoms with E-state index in [9.17, 15) is 0 Å². The molecule has 0 bridgehead atoms. The monoisotopic (exact) mass is 165 g/mol. The molecule has 0 fully saturated rings. The Morgan fingerprint density at radius 1 is 1.18 bits per heavy atom. The first-order valence-electron chi connectivity index (χ1n) is 3.15. The van der Waals surface area contributed by atoms with Crippen molar-refractivity contribution in [1.82, 2.24) is 5.48 Å². The van der Waals surface area contributed by atoms with Gasteiger partial charge in [0.25, 0.3) is 0 Å². The van der Waals surface area contributed by atoms with Gasteiger partial charge in [0.2, 0.25) is 0 Å². The van der Waals surface area contributed by atoms with Crippen LogP contribution in [0.2, 0.25) is 0 Å². The molecular weight excluding hydrogens is 154 g/mol. The highest BCUT2D eigenvalue weighted by molar-refractivity contribution is 5.75. The van der Waals surface area contributed by atoms with Crippen LogP contribution in [-0.4, -0.2) is 11.0 Å². The average Bonchev–Trinajstić information content (AvgIpc) is 2.05. The third-order valence-corrected chi connectivity index (χ3v) is 1.42. The summed E-state index contributed by atoms with van der Waals surface area (Å²) in [5, 5.41) is 0. The van der Waals surface area contributed by atoms with E-state index >= 15 is 0 Å². The van der Waals surface area contributed by atoms with E-state index in [0.717, 1.165) is 11.3 Å². The lowest BCUT2D eigenvalue weighted by atomic mass is 10.2. The first-order valence-corrected chi connectivity index (χ1v) is 3.15. The van der Waals surface area contributed by atoms with Crippen LogP contribution in [-0.2, 0) is 0 Å². The molecule has 2 rings (SSSR count). The van der Waals surface area contributed by atoms with Gasteiger partial charge in [-0.15, -0.1) is 0 Å². The van der Waals surface area contributed by atoms with Gasteiger partial charge in [-0.1, -0.05) is 18.2 Å². The smallest absolute Gasteiger partial charge is 0.162 e. The third-order valence-electron chi connectivity index (χ3n) is 1.42. The van der Waals surface area contributed by atoms with E-state index in [1.165, 1.54) is 0 Å². The molecule has 1 N–H and O–H groups in total. The molecule has 1 aromatic carbocycles. The molecule has 0 radical (unpaired) electrons. The molecule has 0 amide bonds. The topological polar surface area (TPSA) is 21.3 Å². The van der Waals surface area contributed by atoms with Gasteiger partial charge in [0.15, 0.2) is 5.75 Å². The van der Waals surface area contributed by atoms with Crippen molar-refractivity contribution in [3.05, 3.63) is 36.0 Å². The Morgan fingerprint density at radius 2 is 2.00 bits per heavy atom. The molecule has 1 heterocycles. The van der Waals surface area contributed by atoms with Crippen LogP contribution in [0, 0.1) is 0 Å². The summed E-state index contributed by atoms with van der Waals surface area (Å²) in [7, 11) is 0. The normalized spacial score (nSPS) is 12.0. The minimum absolute atomic E-state index is 0. The minimum Gasteiger partial charge on any atom is -0.382 e. The molecule has 3 heteroatoms. The second-order valence-corrected chi connectivity index (χ2v) is 2.09. The summed E-state index contributed by atoms with van der Waals surface area (Å²) in [5.74, 6) is 0.880. The summed E-state index contributed by atoms with van der Waals surface area (Å²) >= 11 is 0. The summed E-state index contributed by atoms with van der Waals surface area (Å²) in [6.45, 7) is 0. The summed E-state index contributed by atoms with van der Waals surface area (Å²) in [6, 6.07) is 7.86. The van der Waals surface area contributed by atoms with E-state index in [0.29, 0.717) is 0 Å². The Bertz CT molecular complexity index is 273. The molecule has 58 valence electrons. The molecule has 2 nitrogen and oxygen atoms in total. The predicted molar refractivity (Wildman–Crippen MR) is 50.6 cm³/mol. The lowest BCUT2D eigenvalue weighted by molar-refractivity contribution is 0.239. The average molecular weight is 165 g/mol. The first kappa shape index (κ1) is 7.88. The zero-order valence-electron chi connectivity index (χ0n) is 5.37. The quantitative estimate of drug-likeness (QED) is 0.551. The SMILES string of the molecule is C1=Cc2ccccc2ON1.[SiH4]. The van der Waals surface area contributed by atoms with Crippen LogP contribution in [0.15, 0.2) is 30.5 Å². The summed E-state index contributed by atoms with van der Waals surface area (Å²) in [4.78, 5) is 5.09. The number of hydroxylamine groups is 1. The van der Waals surface area contributed by atoms with Gasteiger partial charge in [-0.05, 0) is 23.1 Å². The Labute approximate surface area is 69.9 Å². The van der Waals surface area contributed by atoms with Crippen molar-refractivity contribution >= 4 is 17.0 Å². The highest BCUT2D eigenvalue weighted by atomic mass is 28.1. The van der Waals surface area contributed by atoms with Gasteiger partial charge in [-0.25, -0.2) is 5.48 Å². The summed E-state index contributed by atoms with van der Waals surface area (Å²) < 4.78 is 0. The lowest BCUT2D eigenvalue weighted by Crippen LogP contribution is -2.13. The minimum atomic E-state index is 0.